The van der Waals surface area contributed by atoms with Gasteiger partial charge in [-0.15, -0.1) is 0 Å². The normalized spacial score (nSPS) is 16.8. The Kier molecular flexibility index (Phi) is 5.19. The standard InChI is InChI=1S/C22H26BFN4O/c1-14-5-4-6-19(24)22(14)15-9-16-12-26-21(25)11-18(16)20(10-15)28-8-7-17(13-28)27(3)23(2)29/h4-6,9-12,17,29H,7-8,13H2,1-3H3,(H2,25,26)/t17-/m0/s1. The van der Waals surface area contributed by atoms with Crippen LogP contribution >= 0.6 is 0 Å². The van der Waals surface area contributed by atoms with Crippen molar-refractivity contribution in [3.8, 4) is 11.1 Å². The fourth-order valence-corrected chi connectivity index (χ4v) is 4.25. The van der Waals surface area contributed by atoms with Gasteiger partial charge in [0, 0.05) is 47.4 Å². The summed E-state index contributed by atoms with van der Waals surface area (Å²) in [7, 11) is 1.45. The van der Waals surface area contributed by atoms with E-state index in [9.17, 15) is 9.41 Å². The highest BCUT2D eigenvalue weighted by molar-refractivity contribution is 6.45. The molecule has 2 aromatic carbocycles. The maximum absolute atomic E-state index is 14.7. The molecule has 3 aromatic rings. The summed E-state index contributed by atoms with van der Waals surface area (Å²) in [5.41, 5.74) is 9.34. The summed E-state index contributed by atoms with van der Waals surface area (Å²) in [4.78, 5) is 8.53. The van der Waals surface area contributed by atoms with Crippen molar-refractivity contribution in [2.24, 2.45) is 0 Å². The van der Waals surface area contributed by atoms with Gasteiger partial charge in [0.15, 0.2) is 0 Å². The summed E-state index contributed by atoms with van der Waals surface area (Å²) in [6.07, 6.45) is 2.70. The average Bonchev–Trinajstić information content (AvgIpc) is 3.16. The van der Waals surface area contributed by atoms with Crippen LogP contribution in [0.4, 0.5) is 15.9 Å². The first-order chi connectivity index (χ1) is 13.8. The Balaban J connectivity index is 1.83. The van der Waals surface area contributed by atoms with Gasteiger partial charge in [0.25, 0.3) is 0 Å². The maximum Gasteiger partial charge on any atom is 0.376 e. The van der Waals surface area contributed by atoms with E-state index >= 15 is 0 Å². The van der Waals surface area contributed by atoms with E-state index in [2.05, 4.69) is 16.0 Å². The van der Waals surface area contributed by atoms with E-state index in [4.69, 9.17) is 5.73 Å². The molecule has 1 saturated heterocycles. The van der Waals surface area contributed by atoms with Crippen LogP contribution in [-0.4, -0.2) is 48.0 Å². The van der Waals surface area contributed by atoms with Crippen LogP contribution in [0.25, 0.3) is 21.9 Å². The third-order valence-electron chi connectivity index (χ3n) is 6.02. The van der Waals surface area contributed by atoms with Gasteiger partial charge in [-0.25, -0.2) is 9.37 Å². The number of aryl methyl sites for hydroxylation is 1. The Morgan fingerprint density at radius 2 is 2.10 bits per heavy atom. The number of fused-ring (bicyclic) bond motifs is 1. The highest BCUT2D eigenvalue weighted by Crippen LogP contribution is 2.37. The zero-order chi connectivity index (χ0) is 20.7. The van der Waals surface area contributed by atoms with E-state index in [0.29, 0.717) is 11.4 Å². The minimum absolute atomic E-state index is 0.230. The number of nitrogens with two attached hydrogens (primary N) is 1. The predicted molar refractivity (Wildman–Crippen MR) is 119 cm³/mol. The molecule has 5 nitrogen and oxygen atoms in total. The lowest BCUT2D eigenvalue weighted by Gasteiger charge is -2.27. The Morgan fingerprint density at radius 3 is 2.83 bits per heavy atom. The molecule has 3 N–H and O–H groups in total. The van der Waals surface area contributed by atoms with E-state index in [1.54, 1.807) is 19.1 Å². The van der Waals surface area contributed by atoms with Crippen LogP contribution in [0.3, 0.4) is 0 Å². The minimum Gasteiger partial charge on any atom is -0.437 e. The van der Waals surface area contributed by atoms with Gasteiger partial charge in [0.05, 0.1) is 0 Å². The average molecular weight is 392 g/mol. The zero-order valence-electron chi connectivity index (χ0n) is 17.1. The first-order valence-electron chi connectivity index (χ1n) is 9.95. The van der Waals surface area contributed by atoms with Gasteiger partial charge in [-0.1, -0.05) is 12.1 Å². The third-order valence-corrected chi connectivity index (χ3v) is 6.02. The fraction of sp³-hybridized carbons (Fsp3) is 0.318. The molecule has 1 aromatic heterocycles. The van der Waals surface area contributed by atoms with Gasteiger partial charge in [-0.3, -0.25) is 0 Å². The predicted octanol–water partition coefficient (Wildman–Crippen LogP) is 3.55. The summed E-state index contributed by atoms with van der Waals surface area (Å²) < 4.78 is 14.7. The second-order valence-corrected chi connectivity index (χ2v) is 7.94. The molecule has 1 aliphatic heterocycles. The van der Waals surface area contributed by atoms with E-state index in [0.717, 1.165) is 47.1 Å². The van der Waals surface area contributed by atoms with Crippen LogP contribution < -0.4 is 10.6 Å². The second-order valence-electron chi connectivity index (χ2n) is 7.94. The number of hydrogen-bond donors (Lipinski definition) is 2. The van der Waals surface area contributed by atoms with Crippen LogP contribution in [-0.2, 0) is 0 Å². The Morgan fingerprint density at radius 1 is 1.31 bits per heavy atom. The van der Waals surface area contributed by atoms with Crippen LogP contribution in [0, 0.1) is 12.7 Å². The maximum atomic E-state index is 14.7. The van der Waals surface area contributed by atoms with Crippen molar-refractivity contribution >= 4 is 29.3 Å². The van der Waals surface area contributed by atoms with Crippen molar-refractivity contribution in [1.29, 1.82) is 0 Å². The number of nitrogens with zero attached hydrogens (tertiary/aromatic N) is 3. The molecule has 0 spiro atoms. The molecular weight excluding hydrogens is 366 g/mol. The van der Waals surface area contributed by atoms with E-state index in [1.165, 1.54) is 6.07 Å². The molecule has 1 fully saturated rings. The lowest BCUT2D eigenvalue weighted by atomic mass is 9.84. The summed E-state index contributed by atoms with van der Waals surface area (Å²) in [5, 5.41) is 11.9. The monoisotopic (exact) mass is 392 g/mol. The number of nitrogen functional groups attached to an aromatic ring is 1. The SMILES string of the molecule is CB(O)N(C)[C@H]1CCN(c2cc(-c3c(C)cccc3F)cc3cnc(N)cc23)C1. The summed E-state index contributed by atoms with van der Waals surface area (Å²) in [6, 6.07) is 11.3. The molecular formula is C22H26BFN4O. The van der Waals surface area contributed by atoms with Gasteiger partial charge in [0.1, 0.15) is 11.6 Å². The molecule has 0 unspecified atom stereocenters. The lowest BCUT2D eigenvalue weighted by molar-refractivity contribution is 0.348. The molecule has 2 heterocycles. The van der Waals surface area contributed by atoms with Gasteiger partial charge in [0.2, 0.25) is 0 Å². The van der Waals surface area contributed by atoms with Crippen LogP contribution in [0.1, 0.15) is 12.0 Å². The number of benzene rings is 2. The van der Waals surface area contributed by atoms with Crippen LogP contribution in [0.2, 0.25) is 6.82 Å². The topological polar surface area (TPSA) is 65.6 Å². The van der Waals surface area contributed by atoms with E-state index < -0.39 is 7.05 Å². The number of halogens is 1. The summed E-state index contributed by atoms with van der Waals surface area (Å²) in [5.74, 6) is 0.234. The van der Waals surface area contributed by atoms with E-state index in [1.807, 2.05) is 37.0 Å². The molecule has 1 atom stereocenters. The first-order valence-corrected chi connectivity index (χ1v) is 9.95. The molecule has 0 saturated carbocycles. The molecule has 0 aliphatic carbocycles. The molecule has 4 rings (SSSR count). The molecule has 1 aliphatic rings. The van der Waals surface area contributed by atoms with Crippen molar-refractivity contribution in [1.82, 2.24) is 9.79 Å². The number of pyridine rings is 1. The molecule has 150 valence electrons. The number of hydrogen-bond acceptors (Lipinski definition) is 5. The van der Waals surface area contributed by atoms with Gasteiger partial charge >= 0.3 is 7.05 Å². The Hall–Kier alpha value is -2.64. The van der Waals surface area contributed by atoms with Crippen molar-refractivity contribution in [2.45, 2.75) is 26.2 Å². The number of likely N-dealkylation sites (N-methyl/N-ethyl adjacent to an activating group) is 1. The fourth-order valence-electron chi connectivity index (χ4n) is 4.25. The smallest absolute Gasteiger partial charge is 0.376 e. The van der Waals surface area contributed by atoms with Gasteiger partial charge in [-0.05, 0) is 62.6 Å². The van der Waals surface area contributed by atoms with Crippen molar-refractivity contribution in [2.75, 3.05) is 30.8 Å². The summed E-state index contributed by atoms with van der Waals surface area (Å²) in [6.45, 7) is 5.36. The Labute approximate surface area is 171 Å². The summed E-state index contributed by atoms with van der Waals surface area (Å²) >= 11 is 0. The molecule has 0 bridgehead atoms. The molecule has 0 radical (unpaired) electrons. The van der Waals surface area contributed by atoms with Gasteiger partial charge in [-0.2, -0.15) is 0 Å². The van der Waals surface area contributed by atoms with Crippen molar-refractivity contribution in [3.63, 3.8) is 0 Å². The number of rotatable bonds is 4. The zero-order valence-corrected chi connectivity index (χ0v) is 17.1. The van der Waals surface area contributed by atoms with Gasteiger partial charge < -0.3 is 20.5 Å². The van der Waals surface area contributed by atoms with E-state index in [-0.39, 0.29) is 11.9 Å². The molecule has 7 heteroatoms. The van der Waals surface area contributed by atoms with Crippen molar-refractivity contribution < 1.29 is 9.41 Å². The van der Waals surface area contributed by atoms with Crippen molar-refractivity contribution in [3.05, 3.63) is 54.0 Å². The number of anilines is 2. The minimum atomic E-state index is -0.496. The molecule has 29 heavy (non-hydrogen) atoms. The largest absolute Gasteiger partial charge is 0.437 e. The Bertz CT molecular complexity index is 1040. The quantitative estimate of drug-likeness (QED) is 0.665. The van der Waals surface area contributed by atoms with Crippen LogP contribution in [0.5, 0.6) is 0 Å². The number of aromatic nitrogens is 1. The highest BCUT2D eigenvalue weighted by atomic mass is 19.1. The second kappa shape index (κ2) is 7.65. The highest BCUT2D eigenvalue weighted by Gasteiger charge is 2.30. The molecule has 0 amide bonds. The first kappa shape index (κ1) is 19.7. The third kappa shape index (κ3) is 3.68. The lowest BCUT2D eigenvalue weighted by Crippen LogP contribution is -2.43. The van der Waals surface area contributed by atoms with Crippen LogP contribution in [0.15, 0.2) is 42.6 Å².